The van der Waals surface area contributed by atoms with Crippen LogP contribution in [0.4, 0.5) is 5.82 Å². The highest BCUT2D eigenvalue weighted by Gasteiger charge is 2.00. The molecule has 0 bridgehead atoms. The minimum absolute atomic E-state index is 0.334. The molecule has 1 aromatic rings. The molecule has 1 heterocycles. The number of halogens is 1. The summed E-state index contributed by atoms with van der Waals surface area (Å²) >= 11 is 5.67. The van der Waals surface area contributed by atoms with Crippen molar-refractivity contribution in [3.05, 3.63) is 29.9 Å². The van der Waals surface area contributed by atoms with Gasteiger partial charge in [-0.15, -0.1) is 0 Å². The van der Waals surface area contributed by atoms with E-state index >= 15 is 0 Å². The van der Waals surface area contributed by atoms with Crippen LogP contribution in [0.3, 0.4) is 0 Å². The summed E-state index contributed by atoms with van der Waals surface area (Å²) in [6.07, 6.45) is 3.10. The van der Waals surface area contributed by atoms with Gasteiger partial charge < -0.3 is 10.5 Å². The number of nitrogens with zero attached hydrogens (tertiary/aromatic N) is 1. The molecule has 0 saturated heterocycles. The van der Waals surface area contributed by atoms with E-state index in [0.29, 0.717) is 23.2 Å². The van der Waals surface area contributed by atoms with Crippen molar-refractivity contribution < 1.29 is 4.74 Å². The predicted octanol–water partition coefficient (Wildman–Crippen LogP) is 1.88. The monoisotopic (exact) mass is 184 g/mol. The van der Waals surface area contributed by atoms with Crippen LogP contribution in [0.1, 0.15) is 0 Å². The van der Waals surface area contributed by atoms with Gasteiger partial charge >= 0.3 is 0 Å². The molecule has 12 heavy (non-hydrogen) atoms. The molecule has 64 valence electrons. The van der Waals surface area contributed by atoms with Gasteiger partial charge in [-0.1, -0.05) is 24.3 Å². The first kappa shape index (κ1) is 8.87. The second-order valence-corrected chi connectivity index (χ2v) is 2.57. The molecule has 0 spiro atoms. The van der Waals surface area contributed by atoms with Crippen LogP contribution >= 0.6 is 11.6 Å². The average Bonchev–Trinajstić information content (AvgIpc) is 2.07. The van der Waals surface area contributed by atoms with Crippen molar-refractivity contribution >= 4 is 17.4 Å². The molecule has 0 radical (unpaired) electrons. The third-order valence-corrected chi connectivity index (χ3v) is 1.41. The molecule has 4 heteroatoms. The zero-order valence-electron chi connectivity index (χ0n) is 6.46. The van der Waals surface area contributed by atoms with Gasteiger partial charge in [-0.25, -0.2) is 4.98 Å². The van der Waals surface area contributed by atoms with Crippen LogP contribution in [0.25, 0.3) is 0 Å². The highest BCUT2D eigenvalue weighted by atomic mass is 35.5. The van der Waals surface area contributed by atoms with Gasteiger partial charge in [-0.2, -0.15) is 0 Å². The molecule has 0 saturated carbocycles. The van der Waals surface area contributed by atoms with E-state index < -0.39 is 0 Å². The van der Waals surface area contributed by atoms with Crippen molar-refractivity contribution in [2.75, 3.05) is 12.3 Å². The Hall–Kier alpha value is -1.22. The SMILES string of the molecule is C=CCOc1cc(Cl)cnc1N. The Morgan fingerprint density at radius 3 is 3.17 bits per heavy atom. The van der Waals surface area contributed by atoms with Crippen molar-refractivity contribution in [2.45, 2.75) is 0 Å². The van der Waals surface area contributed by atoms with E-state index in [1.807, 2.05) is 0 Å². The summed E-state index contributed by atoms with van der Waals surface area (Å²) in [4.78, 5) is 3.82. The zero-order valence-corrected chi connectivity index (χ0v) is 7.21. The van der Waals surface area contributed by atoms with Crippen molar-refractivity contribution in [1.29, 1.82) is 0 Å². The minimum Gasteiger partial charge on any atom is -0.486 e. The second-order valence-electron chi connectivity index (χ2n) is 2.14. The second kappa shape index (κ2) is 3.97. The molecule has 2 N–H and O–H groups in total. The lowest BCUT2D eigenvalue weighted by molar-refractivity contribution is 0.364. The quantitative estimate of drug-likeness (QED) is 0.730. The van der Waals surface area contributed by atoms with Crippen LogP contribution in [0.2, 0.25) is 5.02 Å². The Balaban J connectivity index is 2.82. The molecule has 1 aromatic heterocycles. The fourth-order valence-electron chi connectivity index (χ4n) is 0.696. The predicted molar refractivity (Wildman–Crippen MR) is 49.4 cm³/mol. The van der Waals surface area contributed by atoms with Gasteiger partial charge in [-0.05, 0) is 0 Å². The van der Waals surface area contributed by atoms with Gasteiger partial charge in [0.15, 0.2) is 11.6 Å². The van der Waals surface area contributed by atoms with Crippen LogP contribution in [0, 0.1) is 0 Å². The molecule has 0 aromatic carbocycles. The minimum atomic E-state index is 0.334. The highest BCUT2D eigenvalue weighted by Crippen LogP contribution is 2.22. The van der Waals surface area contributed by atoms with Gasteiger partial charge in [0.1, 0.15) is 6.61 Å². The molecule has 0 unspecified atom stereocenters. The van der Waals surface area contributed by atoms with Crippen LogP contribution in [0.5, 0.6) is 5.75 Å². The van der Waals surface area contributed by atoms with E-state index in [1.165, 1.54) is 6.20 Å². The van der Waals surface area contributed by atoms with Gasteiger partial charge in [0, 0.05) is 12.3 Å². The van der Waals surface area contributed by atoms with Crippen LogP contribution in [-0.2, 0) is 0 Å². The Kier molecular flexibility index (Phi) is 2.94. The molecule has 3 nitrogen and oxygen atoms in total. The fourth-order valence-corrected chi connectivity index (χ4v) is 0.843. The van der Waals surface area contributed by atoms with E-state index in [9.17, 15) is 0 Å². The summed E-state index contributed by atoms with van der Waals surface area (Å²) in [6, 6.07) is 1.62. The highest BCUT2D eigenvalue weighted by molar-refractivity contribution is 6.30. The molecular weight excluding hydrogens is 176 g/mol. The summed E-state index contributed by atoms with van der Waals surface area (Å²) < 4.78 is 5.18. The van der Waals surface area contributed by atoms with Crippen molar-refractivity contribution in [2.24, 2.45) is 0 Å². The first-order valence-corrected chi connectivity index (χ1v) is 3.76. The first-order valence-electron chi connectivity index (χ1n) is 3.38. The number of nitrogens with two attached hydrogens (primary N) is 1. The van der Waals surface area contributed by atoms with E-state index in [4.69, 9.17) is 22.1 Å². The van der Waals surface area contributed by atoms with Gasteiger partial charge in [-0.3, -0.25) is 0 Å². The van der Waals surface area contributed by atoms with Crippen LogP contribution in [-0.4, -0.2) is 11.6 Å². The lowest BCUT2D eigenvalue weighted by atomic mass is 10.4. The number of pyridine rings is 1. The van der Waals surface area contributed by atoms with E-state index in [1.54, 1.807) is 12.1 Å². The lowest BCUT2D eigenvalue weighted by Gasteiger charge is -2.05. The summed E-state index contributed by atoms with van der Waals surface area (Å²) in [7, 11) is 0. The number of nitrogen functional groups attached to an aromatic ring is 1. The third-order valence-electron chi connectivity index (χ3n) is 1.21. The normalized spacial score (nSPS) is 9.42. The maximum Gasteiger partial charge on any atom is 0.166 e. The van der Waals surface area contributed by atoms with E-state index in [2.05, 4.69) is 11.6 Å². The Bertz CT molecular complexity index is 288. The summed E-state index contributed by atoms with van der Waals surface area (Å²) in [5.41, 5.74) is 5.50. The van der Waals surface area contributed by atoms with Crippen LogP contribution in [0.15, 0.2) is 24.9 Å². The van der Waals surface area contributed by atoms with Crippen molar-refractivity contribution in [3.8, 4) is 5.75 Å². The van der Waals surface area contributed by atoms with Gasteiger partial charge in [0.05, 0.1) is 5.02 Å². The molecule has 0 atom stereocenters. The molecular formula is C8H9ClN2O. The third kappa shape index (κ3) is 2.13. The summed E-state index contributed by atoms with van der Waals surface area (Å²) in [6.45, 7) is 3.90. The topological polar surface area (TPSA) is 48.1 Å². The fraction of sp³-hybridized carbons (Fsp3) is 0.125. The molecule has 0 amide bonds. The molecule has 1 rings (SSSR count). The first-order chi connectivity index (χ1) is 5.74. The number of hydrogen-bond acceptors (Lipinski definition) is 3. The molecule has 0 fully saturated rings. The van der Waals surface area contributed by atoms with Crippen molar-refractivity contribution in [1.82, 2.24) is 4.98 Å². The number of ether oxygens (including phenoxy) is 1. The smallest absolute Gasteiger partial charge is 0.166 e. The Morgan fingerprint density at radius 1 is 1.75 bits per heavy atom. The Morgan fingerprint density at radius 2 is 2.50 bits per heavy atom. The maximum atomic E-state index is 5.67. The van der Waals surface area contributed by atoms with E-state index in [0.717, 1.165) is 0 Å². The van der Waals surface area contributed by atoms with E-state index in [-0.39, 0.29) is 0 Å². The largest absolute Gasteiger partial charge is 0.486 e. The van der Waals surface area contributed by atoms with Crippen LogP contribution < -0.4 is 10.5 Å². The van der Waals surface area contributed by atoms with Crippen molar-refractivity contribution in [3.63, 3.8) is 0 Å². The zero-order chi connectivity index (χ0) is 8.97. The van der Waals surface area contributed by atoms with Gasteiger partial charge in [0.25, 0.3) is 0 Å². The average molecular weight is 185 g/mol. The standard InChI is InChI=1S/C8H9ClN2O/c1-2-3-12-7-4-6(9)5-11-8(7)10/h2,4-5H,1,3H2,(H2,10,11). The Labute approximate surface area is 75.8 Å². The summed E-state index contributed by atoms with van der Waals surface area (Å²) in [5, 5.41) is 0.503. The maximum absolute atomic E-state index is 5.67. The molecule has 0 aliphatic carbocycles. The number of hydrogen-bond donors (Lipinski definition) is 1. The molecule has 0 aliphatic heterocycles. The molecule has 0 aliphatic rings. The lowest BCUT2D eigenvalue weighted by Crippen LogP contribution is -1.99. The number of anilines is 1. The summed E-state index contributed by atoms with van der Waals surface area (Å²) in [5.74, 6) is 0.823. The number of rotatable bonds is 3. The van der Waals surface area contributed by atoms with Gasteiger partial charge in [0.2, 0.25) is 0 Å². The number of aromatic nitrogens is 1.